The average Bonchev–Trinajstić information content (AvgIpc) is 2.71. The number of nitrogens with one attached hydrogen (secondary N) is 2. The molecule has 1 saturated heterocycles. The van der Waals surface area contributed by atoms with Crippen LogP contribution in [0.5, 0.6) is 5.75 Å². The summed E-state index contributed by atoms with van der Waals surface area (Å²) in [4.78, 5) is 6.88. The first-order valence-corrected chi connectivity index (χ1v) is 10.5. The molecule has 1 aromatic carbocycles. The van der Waals surface area contributed by atoms with Crippen LogP contribution in [0.2, 0.25) is 0 Å². The summed E-state index contributed by atoms with van der Waals surface area (Å²) in [7, 11) is 3.59. The number of ether oxygens (including phenoxy) is 2. The summed E-state index contributed by atoms with van der Waals surface area (Å²) in [5.74, 6) is 2.29. The van der Waals surface area contributed by atoms with Gasteiger partial charge in [0.1, 0.15) is 12.4 Å². The van der Waals surface area contributed by atoms with Crippen molar-refractivity contribution in [1.82, 2.24) is 15.5 Å². The normalized spacial score (nSPS) is 15.8. The lowest BCUT2D eigenvalue weighted by atomic mass is 10.0. The minimum absolute atomic E-state index is 0. The number of hydrogen-bond acceptors (Lipinski definition) is 4. The molecule has 0 aliphatic carbocycles. The van der Waals surface area contributed by atoms with Crippen molar-refractivity contribution in [2.75, 3.05) is 53.6 Å². The van der Waals surface area contributed by atoms with Crippen LogP contribution in [0.1, 0.15) is 44.6 Å². The second-order valence-corrected chi connectivity index (χ2v) is 7.65. The fraction of sp³-hybridized carbons (Fsp3) is 0.682. The van der Waals surface area contributed by atoms with Gasteiger partial charge < -0.3 is 25.0 Å². The standard InChI is InChI=1S/C22H38N4O2.HI/c1-18(2)20-8-5-6-9-21(20)28-17-12-24-22(23-3)25-19-10-14-26(15-11-19)13-7-16-27-4;/h5-6,8-9,18-19H,7,10-17H2,1-4H3,(H2,23,24,25);1H. The Morgan fingerprint density at radius 2 is 1.93 bits per heavy atom. The minimum atomic E-state index is 0. The van der Waals surface area contributed by atoms with E-state index in [0.717, 1.165) is 63.8 Å². The molecule has 0 aromatic heterocycles. The van der Waals surface area contributed by atoms with Gasteiger partial charge in [-0.25, -0.2) is 0 Å². The molecule has 1 aromatic rings. The van der Waals surface area contributed by atoms with Gasteiger partial charge in [0, 0.05) is 46.4 Å². The molecule has 0 unspecified atom stereocenters. The molecule has 1 aliphatic heterocycles. The summed E-state index contributed by atoms with van der Waals surface area (Å²) in [6, 6.07) is 8.75. The lowest BCUT2D eigenvalue weighted by Gasteiger charge is -2.33. The smallest absolute Gasteiger partial charge is 0.191 e. The van der Waals surface area contributed by atoms with Gasteiger partial charge in [0.2, 0.25) is 0 Å². The molecule has 1 heterocycles. The number of likely N-dealkylation sites (tertiary alicyclic amines) is 1. The van der Waals surface area contributed by atoms with Gasteiger partial charge in [-0.15, -0.1) is 24.0 Å². The lowest BCUT2D eigenvalue weighted by molar-refractivity contribution is 0.155. The number of halogens is 1. The van der Waals surface area contributed by atoms with Crippen molar-refractivity contribution in [1.29, 1.82) is 0 Å². The Morgan fingerprint density at radius 1 is 1.21 bits per heavy atom. The highest BCUT2D eigenvalue weighted by Gasteiger charge is 2.19. The van der Waals surface area contributed by atoms with Crippen molar-refractivity contribution in [2.24, 2.45) is 4.99 Å². The van der Waals surface area contributed by atoms with E-state index >= 15 is 0 Å². The van der Waals surface area contributed by atoms with Crippen LogP contribution in [0.4, 0.5) is 0 Å². The van der Waals surface area contributed by atoms with Gasteiger partial charge in [-0.1, -0.05) is 32.0 Å². The molecule has 0 saturated carbocycles. The number of methoxy groups -OCH3 is 1. The Bertz CT molecular complexity index is 590. The number of rotatable bonds is 10. The quantitative estimate of drug-likeness (QED) is 0.215. The van der Waals surface area contributed by atoms with Crippen molar-refractivity contribution >= 4 is 29.9 Å². The minimum Gasteiger partial charge on any atom is -0.491 e. The third kappa shape index (κ3) is 9.53. The number of piperidine rings is 1. The molecule has 1 fully saturated rings. The third-order valence-electron chi connectivity index (χ3n) is 5.17. The second kappa shape index (κ2) is 14.8. The lowest BCUT2D eigenvalue weighted by Crippen LogP contribution is -2.49. The highest BCUT2D eigenvalue weighted by atomic mass is 127. The third-order valence-corrected chi connectivity index (χ3v) is 5.17. The van der Waals surface area contributed by atoms with Crippen LogP contribution in [0.25, 0.3) is 0 Å². The van der Waals surface area contributed by atoms with Crippen LogP contribution in [-0.2, 0) is 4.74 Å². The topological polar surface area (TPSA) is 58.1 Å². The number of nitrogens with zero attached hydrogens (tertiary/aromatic N) is 2. The van der Waals surface area contributed by atoms with Crippen LogP contribution in [0, 0.1) is 0 Å². The molecule has 7 heteroatoms. The van der Waals surface area contributed by atoms with Gasteiger partial charge in [-0.3, -0.25) is 4.99 Å². The summed E-state index contributed by atoms with van der Waals surface area (Å²) in [5, 5.41) is 6.93. The predicted molar refractivity (Wildman–Crippen MR) is 132 cm³/mol. The number of aliphatic imine (C=N–C) groups is 1. The highest BCUT2D eigenvalue weighted by Crippen LogP contribution is 2.25. The fourth-order valence-corrected chi connectivity index (χ4v) is 3.54. The Kier molecular flexibility index (Phi) is 13.3. The Hall–Kier alpha value is -1.06. The summed E-state index contributed by atoms with van der Waals surface area (Å²) in [5.41, 5.74) is 1.25. The van der Waals surface area contributed by atoms with Gasteiger partial charge in [-0.05, 0) is 36.8 Å². The van der Waals surface area contributed by atoms with E-state index in [2.05, 4.69) is 46.5 Å². The van der Waals surface area contributed by atoms with Gasteiger partial charge in [-0.2, -0.15) is 0 Å². The van der Waals surface area contributed by atoms with Crippen molar-refractivity contribution in [2.45, 2.75) is 45.1 Å². The maximum Gasteiger partial charge on any atom is 0.191 e. The first kappa shape index (κ1) is 26.0. The van der Waals surface area contributed by atoms with Gasteiger partial charge in [0.25, 0.3) is 0 Å². The zero-order valence-electron chi connectivity index (χ0n) is 18.4. The average molecular weight is 518 g/mol. The molecule has 6 nitrogen and oxygen atoms in total. The first-order chi connectivity index (χ1) is 13.6. The van der Waals surface area contributed by atoms with E-state index in [9.17, 15) is 0 Å². The fourth-order valence-electron chi connectivity index (χ4n) is 3.54. The van der Waals surface area contributed by atoms with Crippen molar-refractivity contribution in [3.63, 3.8) is 0 Å². The molecule has 1 aliphatic rings. The van der Waals surface area contributed by atoms with Gasteiger partial charge in [0.05, 0.1) is 6.54 Å². The Balaban J connectivity index is 0.00000420. The van der Waals surface area contributed by atoms with Crippen molar-refractivity contribution in [3.05, 3.63) is 29.8 Å². The Morgan fingerprint density at radius 3 is 2.59 bits per heavy atom. The van der Waals surface area contributed by atoms with Crippen LogP contribution in [-0.4, -0.2) is 70.5 Å². The van der Waals surface area contributed by atoms with Gasteiger partial charge >= 0.3 is 0 Å². The van der Waals surface area contributed by atoms with Crippen molar-refractivity contribution in [3.8, 4) is 5.75 Å². The molecule has 2 N–H and O–H groups in total. The Labute approximate surface area is 193 Å². The zero-order chi connectivity index (χ0) is 20.2. The van der Waals surface area contributed by atoms with E-state index in [4.69, 9.17) is 9.47 Å². The summed E-state index contributed by atoms with van der Waals surface area (Å²) in [6.07, 6.45) is 3.40. The molecular formula is C22H39IN4O2. The maximum absolute atomic E-state index is 5.98. The second-order valence-electron chi connectivity index (χ2n) is 7.65. The van der Waals surface area contributed by atoms with E-state index in [1.807, 2.05) is 19.2 Å². The van der Waals surface area contributed by atoms with E-state index in [1.165, 1.54) is 5.56 Å². The van der Waals surface area contributed by atoms with E-state index in [1.54, 1.807) is 7.11 Å². The van der Waals surface area contributed by atoms with Crippen LogP contribution in [0.3, 0.4) is 0 Å². The number of para-hydroxylation sites is 1. The molecule has 2 rings (SSSR count). The largest absolute Gasteiger partial charge is 0.491 e. The van der Waals surface area contributed by atoms with Crippen LogP contribution >= 0.6 is 24.0 Å². The molecular weight excluding hydrogens is 479 g/mol. The number of benzene rings is 1. The molecule has 29 heavy (non-hydrogen) atoms. The molecule has 0 amide bonds. The predicted octanol–water partition coefficient (Wildman–Crippen LogP) is 3.47. The molecule has 0 atom stereocenters. The van der Waals surface area contributed by atoms with E-state index < -0.39 is 0 Å². The molecule has 0 radical (unpaired) electrons. The summed E-state index contributed by atoms with van der Waals surface area (Å²) in [6.45, 7) is 9.96. The maximum atomic E-state index is 5.98. The number of guanidine groups is 1. The number of hydrogen-bond donors (Lipinski definition) is 2. The van der Waals surface area contributed by atoms with Crippen LogP contribution in [0.15, 0.2) is 29.3 Å². The van der Waals surface area contributed by atoms with Crippen molar-refractivity contribution < 1.29 is 9.47 Å². The molecule has 0 bridgehead atoms. The van der Waals surface area contributed by atoms with E-state index in [0.29, 0.717) is 18.6 Å². The molecule has 166 valence electrons. The SMILES string of the molecule is CN=C(NCCOc1ccccc1C(C)C)NC1CCN(CCCOC)CC1.I. The molecule has 0 spiro atoms. The summed E-state index contributed by atoms with van der Waals surface area (Å²) < 4.78 is 11.1. The van der Waals surface area contributed by atoms with Crippen LogP contribution < -0.4 is 15.4 Å². The van der Waals surface area contributed by atoms with Gasteiger partial charge in [0.15, 0.2) is 5.96 Å². The monoisotopic (exact) mass is 518 g/mol. The summed E-state index contributed by atoms with van der Waals surface area (Å²) >= 11 is 0. The zero-order valence-corrected chi connectivity index (χ0v) is 20.8. The van der Waals surface area contributed by atoms with E-state index in [-0.39, 0.29) is 24.0 Å². The first-order valence-electron chi connectivity index (χ1n) is 10.5. The highest BCUT2D eigenvalue weighted by molar-refractivity contribution is 14.0.